The van der Waals surface area contributed by atoms with Crippen LogP contribution in [0.15, 0.2) is 46.0 Å². The van der Waals surface area contributed by atoms with Crippen molar-refractivity contribution < 1.29 is 27.8 Å². The molecule has 1 saturated heterocycles. The summed E-state index contributed by atoms with van der Waals surface area (Å²) in [7, 11) is 0. The smallest absolute Gasteiger partial charge is 0.338 e. The van der Waals surface area contributed by atoms with Crippen molar-refractivity contribution >= 4 is 34.7 Å². The van der Waals surface area contributed by atoms with E-state index < -0.39 is 49.4 Å². The van der Waals surface area contributed by atoms with E-state index in [1.807, 2.05) is 0 Å². The molecule has 0 unspecified atom stereocenters. The minimum absolute atomic E-state index is 0.0521. The van der Waals surface area contributed by atoms with E-state index in [-0.39, 0.29) is 29.4 Å². The summed E-state index contributed by atoms with van der Waals surface area (Å²) in [4.78, 5) is 23.4. The van der Waals surface area contributed by atoms with E-state index in [2.05, 4.69) is 15.3 Å². The third-order valence-electron chi connectivity index (χ3n) is 5.57. The van der Waals surface area contributed by atoms with Crippen molar-refractivity contribution in [2.45, 2.75) is 31.4 Å². The number of aliphatic hydroxyl groups is 1. The lowest BCUT2D eigenvalue weighted by atomic mass is 9.95. The average molecular weight is 515 g/mol. The molecule has 1 aromatic heterocycles. The number of benzene rings is 1. The van der Waals surface area contributed by atoms with Gasteiger partial charge in [-0.2, -0.15) is 0 Å². The quantitative estimate of drug-likeness (QED) is 0.550. The van der Waals surface area contributed by atoms with Crippen LogP contribution in [0, 0.1) is 5.82 Å². The number of ether oxygens (including phenoxy) is 1. The fourth-order valence-electron chi connectivity index (χ4n) is 4.10. The minimum atomic E-state index is -2.97. The largest absolute Gasteiger partial charge is 0.463 e. The average Bonchev–Trinajstić information content (AvgIpc) is 3.41. The molecule has 12 heteroatoms. The highest BCUT2D eigenvalue weighted by Crippen LogP contribution is 2.38. The van der Waals surface area contributed by atoms with Gasteiger partial charge in [-0.05, 0) is 19.1 Å². The van der Waals surface area contributed by atoms with Crippen LogP contribution in [0.25, 0.3) is 0 Å². The molecule has 2 aliphatic heterocycles. The maximum atomic E-state index is 14.1. The van der Waals surface area contributed by atoms with Gasteiger partial charge in [0, 0.05) is 46.9 Å². The zero-order valence-corrected chi connectivity index (χ0v) is 19.7. The number of rotatable bonds is 7. The maximum Gasteiger partial charge on any atom is 0.338 e. The molecule has 2 aromatic rings. The Morgan fingerprint density at radius 2 is 2.24 bits per heavy atom. The molecular weight excluding hydrogens is 493 g/mol. The number of nitrogens with zero attached hydrogens (tertiary/aromatic N) is 3. The molecule has 0 radical (unpaired) electrons. The monoisotopic (exact) mass is 514 g/mol. The number of alkyl halides is 2. The normalized spacial score (nSPS) is 22.5. The number of esters is 1. The molecule has 0 aliphatic carbocycles. The highest BCUT2D eigenvalue weighted by molar-refractivity contribution is 7.11. The van der Waals surface area contributed by atoms with E-state index in [9.17, 15) is 23.1 Å². The number of aliphatic hydroxyl groups excluding tert-OH is 1. The van der Waals surface area contributed by atoms with E-state index >= 15 is 0 Å². The lowest BCUT2D eigenvalue weighted by Gasteiger charge is -2.31. The van der Waals surface area contributed by atoms with Crippen molar-refractivity contribution in [1.82, 2.24) is 15.2 Å². The van der Waals surface area contributed by atoms with E-state index in [0.717, 1.165) is 6.07 Å². The van der Waals surface area contributed by atoms with E-state index in [0.29, 0.717) is 16.4 Å². The van der Waals surface area contributed by atoms with Gasteiger partial charge in [0.25, 0.3) is 5.92 Å². The predicted molar refractivity (Wildman–Crippen MR) is 122 cm³/mol. The van der Waals surface area contributed by atoms with Crippen LogP contribution in [-0.4, -0.2) is 65.1 Å². The van der Waals surface area contributed by atoms with Gasteiger partial charge in [-0.1, -0.05) is 17.7 Å². The molecule has 2 aliphatic rings. The third kappa shape index (κ3) is 5.12. The van der Waals surface area contributed by atoms with Crippen molar-refractivity contribution in [2.24, 2.45) is 4.99 Å². The topological polar surface area (TPSA) is 87.0 Å². The van der Waals surface area contributed by atoms with Crippen LogP contribution in [0.1, 0.15) is 30.0 Å². The van der Waals surface area contributed by atoms with E-state index in [4.69, 9.17) is 16.3 Å². The van der Waals surface area contributed by atoms with Crippen molar-refractivity contribution in [2.75, 3.05) is 26.3 Å². The maximum absolute atomic E-state index is 14.1. The first-order valence-electron chi connectivity index (χ1n) is 10.5. The SMILES string of the molecule is CCOC(=O)C1=C(CN2CC(F)(F)C[C@H]2CO)NC(c2nccs2)=N[C@H]1c1ccc(F)cc1Cl. The van der Waals surface area contributed by atoms with Crippen LogP contribution in [0.2, 0.25) is 5.02 Å². The number of carbonyl (C=O) groups excluding carboxylic acids is 1. The molecule has 1 fully saturated rings. The Balaban J connectivity index is 1.83. The lowest BCUT2D eigenvalue weighted by Crippen LogP contribution is -2.42. The Bertz CT molecular complexity index is 1130. The molecule has 182 valence electrons. The zero-order chi connectivity index (χ0) is 24.5. The first kappa shape index (κ1) is 24.6. The van der Waals surface area contributed by atoms with Crippen LogP contribution in [0.4, 0.5) is 13.2 Å². The lowest BCUT2D eigenvalue weighted by molar-refractivity contribution is -0.139. The highest BCUT2D eigenvalue weighted by Gasteiger charge is 2.45. The summed E-state index contributed by atoms with van der Waals surface area (Å²) in [5, 5.41) is 15.0. The molecule has 4 rings (SSSR count). The summed E-state index contributed by atoms with van der Waals surface area (Å²) >= 11 is 7.62. The Kier molecular flexibility index (Phi) is 7.27. The molecule has 34 heavy (non-hydrogen) atoms. The van der Waals surface area contributed by atoms with Crippen molar-refractivity contribution in [3.63, 3.8) is 0 Å². The van der Waals surface area contributed by atoms with Gasteiger partial charge in [-0.25, -0.2) is 22.9 Å². The second-order valence-corrected chi connectivity index (χ2v) is 9.22. The number of thiazole rings is 1. The summed E-state index contributed by atoms with van der Waals surface area (Å²) in [6.07, 6.45) is 1.09. The Labute approximate surface area is 202 Å². The molecule has 0 saturated carbocycles. The Morgan fingerprint density at radius 3 is 2.88 bits per heavy atom. The summed E-state index contributed by atoms with van der Waals surface area (Å²) in [5.74, 6) is -3.92. The Hall–Kier alpha value is -2.47. The fraction of sp³-hybridized carbons (Fsp3) is 0.409. The molecule has 2 atom stereocenters. The van der Waals surface area contributed by atoms with Crippen LogP contribution >= 0.6 is 22.9 Å². The van der Waals surface area contributed by atoms with Crippen LogP contribution in [-0.2, 0) is 9.53 Å². The predicted octanol–water partition coefficient (Wildman–Crippen LogP) is 3.55. The minimum Gasteiger partial charge on any atom is -0.463 e. The number of aromatic nitrogens is 1. The number of nitrogens with one attached hydrogen (secondary N) is 1. The first-order chi connectivity index (χ1) is 16.2. The van der Waals surface area contributed by atoms with Gasteiger partial charge >= 0.3 is 5.97 Å². The van der Waals surface area contributed by atoms with Crippen molar-refractivity contribution in [3.8, 4) is 0 Å². The number of aliphatic imine (C=N–C) groups is 1. The standard InChI is InChI=1S/C22H22ClF3N4O3S/c1-2-33-21(32)17-16(9-30-11-22(25,26)8-13(30)10-31)28-19(20-27-5-6-34-20)29-18(17)14-4-3-12(24)7-15(14)23/h3-7,13,18,31H,2,8-11H2,1H3,(H,28,29)/t13-,18-/m0/s1. The molecule has 0 spiro atoms. The zero-order valence-electron chi connectivity index (χ0n) is 18.1. The summed E-state index contributed by atoms with van der Waals surface area (Å²) < 4.78 is 47.3. The van der Waals surface area contributed by atoms with Crippen LogP contribution in [0.3, 0.4) is 0 Å². The number of likely N-dealkylation sites (tertiary alicyclic amines) is 1. The third-order valence-corrected chi connectivity index (χ3v) is 6.68. The van der Waals surface area contributed by atoms with E-state index in [1.54, 1.807) is 18.5 Å². The molecular formula is C22H22ClF3N4O3S. The summed E-state index contributed by atoms with van der Waals surface area (Å²) in [5.41, 5.74) is 0.701. The molecule has 3 heterocycles. The molecule has 0 bridgehead atoms. The van der Waals surface area contributed by atoms with Gasteiger partial charge in [-0.15, -0.1) is 11.3 Å². The van der Waals surface area contributed by atoms with Crippen molar-refractivity contribution in [1.29, 1.82) is 0 Å². The van der Waals surface area contributed by atoms with Gasteiger partial charge in [0.2, 0.25) is 0 Å². The number of amidine groups is 1. The van der Waals surface area contributed by atoms with Gasteiger partial charge in [0.15, 0.2) is 10.8 Å². The van der Waals surface area contributed by atoms with E-state index in [1.165, 1.54) is 28.4 Å². The van der Waals surface area contributed by atoms with Crippen LogP contribution < -0.4 is 5.32 Å². The summed E-state index contributed by atoms with van der Waals surface area (Å²) in [6.45, 7) is 0.572. The first-order valence-corrected chi connectivity index (χ1v) is 11.8. The molecule has 2 N–H and O–H groups in total. The Morgan fingerprint density at radius 1 is 1.44 bits per heavy atom. The second-order valence-electron chi connectivity index (χ2n) is 7.92. The van der Waals surface area contributed by atoms with Crippen molar-refractivity contribution in [3.05, 3.63) is 62.5 Å². The van der Waals surface area contributed by atoms with Gasteiger partial charge < -0.3 is 15.2 Å². The highest BCUT2D eigenvalue weighted by atomic mass is 35.5. The number of hydrogen-bond acceptors (Lipinski definition) is 8. The van der Waals surface area contributed by atoms with Gasteiger partial charge in [0.05, 0.1) is 25.3 Å². The molecule has 0 amide bonds. The second kappa shape index (κ2) is 10.0. The van der Waals surface area contributed by atoms with Crippen LogP contribution in [0.5, 0.6) is 0 Å². The number of hydrogen-bond donors (Lipinski definition) is 2. The van der Waals surface area contributed by atoms with Gasteiger partial charge in [-0.3, -0.25) is 9.89 Å². The molecule has 1 aromatic carbocycles. The number of carbonyl (C=O) groups is 1. The fourth-order valence-corrected chi connectivity index (χ4v) is 4.96. The summed E-state index contributed by atoms with van der Waals surface area (Å²) in [6, 6.07) is 1.96. The number of halogens is 4. The van der Waals surface area contributed by atoms with Gasteiger partial charge in [0.1, 0.15) is 11.9 Å². The molecule has 7 nitrogen and oxygen atoms in total.